The second-order valence-electron chi connectivity index (χ2n) is 7.79. The minimum absolute atomic E-state index is 0.0292. The number of ether oxygens (including phenoxy) is 1. The fourth-order valence-corrected chi connectivity index (χ4v) is 4.54. The van der Waals surface area contributed by atoms with Crippen molar-refractivity contribution >= 4 is 67.2 Å². The second-order valence-corrected chi connectivity index (χ2v) is 9.56. The number of nitrogens with one attached hydrogen (secondary N) is 1. The number of non-ortho nitro benzene ring substituents is 1. The smallest absolute Gasteiger partial charge is 0.335 e. The summed E-state index contributed by atoms with van der Waals surface area (Å²) >= 11 is 6.76. The van der Waals surface area contributed by atoms with E-state index in [0.717, 1.165) is 9.37 Å². The van der Waals surface area contributed by atoms with Crippen LogP contribution in [0.25, 0.3) is 6.08 Å². The molecule has 11 heteroatoms. The largest absolute Gasteiger partial charge is 0.488 e. The molecule has 0 unspecified atom stereocenters. The van der Waals surface area contributed by atoms with Gasteiger partial charge < -0.3 is 4.74 Å². The highest BCUT2D eigenvalue weighted by Gasteiger charge is 2.37. The highest BCUT2D eigenvalue weighted by atomic mass is 79.9. The van der Waals surface area contributed by atoms with E-state index in [-0.39, 0.29) is 17.9 Å². The third-order valence-electron chi connectivity index (χ3n) is 5.28. The van der Waals surface area contributed by atoms with Crippen LogP contribution in [0.5, 0.6) is 5.75 Å². The molecule has 1 saturated heterocycles. The number of nitro groups is 1. The Labute approximate surface area is 222 Å². The van der Waals surface area contributed by atoms with Crippen LogP contribution in [0.3, 0.4) is 0 Å². The van der Waals surface area contributed by atoms with Gasteiger partial charge in [-0.05, 0) is 76.0 Å². The Hall–Kier alpha value is -3.83. The molecule has 1 fully saturated rings. The van der Waals surface area contributed by atoms with Gasteiger partial charge in [0, 0.05) is 16.6 Å². The van der Waals surface area contributed by atoms with Crippen molar-refractivity contribution in [3.8, 4) is 5.75 Å². The van der Waals surface area contributed by atoms with Crippen molar-refractivity contribution in [3.63, 3.8) is 0 Å². The maximum absolute atomic E-state index is 13.2. The van der Waals surface area contributed by atoms with E-state index in [1.165, 1.54) is 18.2 Å². The first kappa shape index (κ1) is 25.3. The monoisotopic (exact) mass is 613 g/mol. The Morgan fingerprint density at radius 2 is 1.83 bits per heavy atom. The number of anilines is 1. The topological polar surface area (TPSA) is 119 Å². The molecule has 1 aliphatic rings. The number of urea groups is 1. The lowest BCUT2D eigenvalue weighted by Crippen LogP contribution is -2.54. The molecule has 4 rings (SSSR count). The number of aryl methyl sites for hydroxylation is 1. The Morgan fingerprint density at radius 3 is 2.53 bits per heavy atom. The zero-order valence-electron chi connectivity index (χ0n) is 18.7. The van der Waals surface area contributed by atoms with E-state index in [2.05, 4.69) is 37.2 Å². The summed E-state index contributed by atoms with van der Waals surface area (Å²) in [5.74, 6) is -1.07. The van der Waals surface area contributed by atoms with Crippen molar-refractivity contribution in [1.29, 1.82) is 0 Å². The first-order valence-corrected chi connectivity index (χ1v) is 12.1. The van der Waals surface area contributed by atoms with E-state index in [1.54, 1.807) is 55.5 Å². The summed E-state index contributed by atoms with van der Waals surface area (Å²) in [6, 6.07) is 15.3. The highest BCUT2D eigenvalue weighted by molar-refractivity contribution is 9.10. The van der Waals surface area contributed by atoms with Crippen LogP contribution in [0.4, 0.5) is 16.2 Å². The van der Waals surface area contributed by atoms with E-state index >= 15 is 0 Å². The normalized spacial score (nSPS) is 14.7. The summed E-state index contributed by atoms with van der Waals surface area (Å²) in [7, 11) is 0. The van der Waals surface area contributed by atoms with Crippen molar-refractivity contribution in [3.05, 3.63) is 102 Å². The number of carbonyl (C=O) groups excluding carboxylic acids is 3. The van der Waals surface area contributed by atoms with Crippen LogP contribution >= 0.6 is 31.9 Å². The molecule has 1 heterocycles. The summed E-state index contributed by atoms with van der Waals surface area (Å²) in [6.07, 6.45) is 1.39. The number of halogens is 2. The third kappa shape index (κ3) is 5.37. The van der Waals surface area contributed by atoms with E-state index in [1.807, 2.05) is 0 Å². The molecule has 3 aromatic carbocycles. The number of nitro benzene ring substituents is 1. The molecule has 4 amide bonds. The summed E-state index contributed by atoms with van der Waals surface area (Å²) in [4.78, 5) is 49.5. The SMILES string of the molecule is Cc1cc(Br)ccc1N1C(=O)NC(=O)/C(=C/c2ccc(OCc3cccc([N+](=O)[O-])c3)c(Br)c2)C1=O. The van der Waals surface area contributed by atoms with Crippen molar-refractivity contribution in [2.45, 2.75) is 13.5 Å². The van der Waals surface area contributed by atoms with Gasteiger partial charge >= 0.3 is 6.03 Å². The first-order valence-electron chi connectivity index (χ1n) is 10.5. The zero-order valence-corrected chi connectivity index (χ0v) is 21.8. The van der Waals surface area contributed by atoms with E-state index < -0.39 is 22.8 Å². The number of amides is 4. The minimum Gasteiger partial charge on any atom is -0.488 e. The van der Waals surface area contributed by atoms with Crippen LogP contribution in [-0.2, 0) is 16.2 Å². The molecule has 0 radical (unpaired) electrons. The van der Waals surface area contributed by atoms with E-state index in [4.69, 9.17) is 4.74 Å². The lowest BCUT2D eigenvalue weighted by atomic mass is 10.1. The summed E-state index contributed by atoms with van der Waals surface area (Å²) in [5, 5.41) is 13.2. The fraction of sp³-hybridized carbons (Fsp3) is 0.0800. The molecule has 0 bridgehead atoms. The summed E-state index contributed by atoms with van der Waals surface area (Å²) in [5.41, 5.74) is 1.96. The third-order valence-corrected chi connectivity index (χ3v) is 6.40. The number of barbiturate groups is 1. The predicted molar refractivity (Wildman–Crippen MR) is 139 cm³/mol. The molecule has 0 atom stereocenters. The van der Waals surface area contributed by atoms with E-state index in [0.29, 0.717) is 32.6 Å². The standard InChI is InChI=1S/C25H17Br2N3O6/c1-14-9-17(26)6-7-21(14)29-24(32)19(23(31)28-25(29)33)11-15-5-8-22(20(27)12-15)36-13-16-3-2-4-18(10-16)30(34)35/h2-12H,13H2,1H3,(H,28,31,33)/b19-11-. The number of nitrogens with zero attached hydrogens (tertiary/aromatic N) is 2. The van der Waals surface area contributed by atoms with E-state index in [9.17, 15) is 24.5 Å². The molecule has 1 N–H and O–H groups in total. The average molecular weight is 615 g/mol. The van der Waals surface area contributed by atoms with Crippen LogP contribution in [0, 0.1) is 17.0 Å². The number of carbonyl (C=O) groups is 3. The van der Waals surface area contributed by atoms with Gasteiger partial charge in [-0.3, -0.25) is 25.0 Å². The summed E-state index contributed by atoms with van der Waals surface area (Å²) in [6.45, 7) is 1.86. The van der Waals surface area contributed by atoms with Crippen LogP contribution in [0.2, 0.25) is 0 Å². The molecule has 36 heavy (non-hydrogen) atoms. The average Bonchev–Trinajstić information content (AvgIpc) is 2.82. The van der Waals surface area contributed by atoms with Gasteiger partial charge in [-0.25, -0.2) is 9.69 Å². The Morgan fingerprint density at radius 1 is 1.06 bits per heavy atom. The van der Waals surface area contributed by atoms with Gasteiger partial charge in [0.1, 0.15) is 17.9 Å². The molecule has 0 aliphatic carbocycles. The minimum atomic E-state index is -0.821. The summed E-state index contributed by atoms with van der Waals surface area (Å²) < 4.78 is 7.10. The Bertz CT molecular complexity index is 1450. The molecule has 0 spiro atoms. The van der Waals surface area contributed by atoms with Gasteiger partial charge in [0.05, 0.1) is 15.1 Å². The molecular weight excluding hydrogens is 598 g/mol. The van der Waals surface area contributed by atoms with Gasteiger partial charge in [-0.1, -0.05) is 34.1 Å². The Balaban J connectivity index is 1.56. The second kappa shape index (κ2) is 10.4. The molecule has 0 saturated carbocycles. The number of benzene rings is 3. The number of imide groups is 2. The highest BCUT2D eigenvalue weighted by Crippen LogP contribution is 2.30. The van der Waals surface area contributed by atoms with Gasteiger partial charge in [0.2, 0.25) is 0 Å². The number of rotatable bonds is 6. The number of hydrogen-bond donors (Lipinski definition) is 1. The first-order chi connectivity index (χ1) is 17.1. The van der Waals surface area contributed by atoms with Crippen molar-refractivity contribution in [1.82, 2.24) is 5.32 Å². The maximum Gasteiger partial charge on any atom is 0.335 e. The lowest BCUT2D eigenvalue weighted by Gasteiger charge is -2.27. The fourth-order valence-electron chi connectivity index (χ4n) is 3.56. The predicted octanol–water partition coefficient (Wildman–Crippen LogP) is 5.67. The Kier molecular flexibility index (Phi) is 7.32. The van der Waals surface area contributed by atoms with Crippen LogP contribution in [0.1, 0.15) is 16.7 Å². The quantitative estimate of drug-likeness (QED) is 0.165. The van der Waals surface area contributed by atoms with Crippen molar-refractivity contribution < 1.29 is 24.0 Å². The lowest BCUT2D eigenvalue weighted by molar-refractivity contribution is -0.384. The molecule has 3 aromatic rings. The molecule has 182 valence electrons. The maximum atomic E-state index is 13.2. The molecule has 1 aliphatic heterocycles. The van der Waals surface area contributed by atoms with Crippen molar-refractivity contribution in [2.24, 2.45) is 0 Å². The number of hydrogen-bond acceptors (Lipinski definition) is 6. The van der Waals surface area contributed by atoms with Gasteiger partial charge in [0.25, 0.3) is 17.5 Å². The van der Waals surface area contributed by atoms with Crippen LogP contribution in [-0.4, -0.2) is 22.8 Å². The van der Waals surface area contributed by atoms with Crippen LogP contribution in [0.15, 0.2) is 75.2 Å². The van der Waals surface area contributed by atoms with Gasteiger partial charge in [0.15, 0.2) is 0 Å². The van der Waals surface area contributed by atoms with Crippen molar-refractivity contribution in [2.75, 3.05) is 4.90 Å². The van der Waals surface area contributed by atoms with Gasteiger partial charge in [-0.15, -0.1) is 0 Å². The molecule has 0 aromatic heterocycles. The molecular formula is C25H17Br2N3O6. The van der Waals surface area contributed by atoms with Gasteiger partial charge in [-0.2, -0.15) is 0 Å². The molecule has 9 nitrogen and oxygen atoms in total. The van der Waals surface area contributed by atoms with Crippen LogP contribution < -0.4 is 15.0 Å². The zero-order chi connectivity index (χ0) is 26.0.